The zero-order chi connectivity index (χ0) is 15.1. The standard InChI is InChI=1S/C14H17Cl2NO3/c1-3-20-14(19)7-6-13(18)17(2)9-10-4-5-11(15)12(16)8-10/h4-5,8H,3,6-7,9H2,1-2H3. The predicted molar refractivity (Wildman–Crippen MR) is 78.8 cm³/mol. The van der Waals surface area contributed by atoms with Gasteiger partial charge in [0.05, 0.1) is 23.1 Å². The van der Waals surface area contributed by atoms with Crippen LogP contribution >= 0.6 is 23.2 Å². The Kier molecular flexibility index (Phi) is 6.82. The van der Waals surface area contributed by atoms with E-state index in [1.165, 1.54) is 0 Å². The molecule has 0 saturated heterocycles. The van der Waals surface area contributed by atoms with Crippen molar-refractivity contribution in [3.63, 3.8) is 0 Å². The fourth-order valence-electron chi connectivity index (χ4n) is 1.63. The van der Waals surface area contributed by atoms with Crippen LogP contribution in [0.5, 0.6) is 0 Å². The van der Waals surface area contributed by atoms with Crippen molar-refractivity contribution in [2.75, 3.05) is 13.7 Å². The lowest BCUT2D eigenvalue weighted by Gasteiger charge is -2.17. The van der Waals surface area contributed by atoms with Crippen LogP contribution in [0.25, 0.3) is 0 Å². The third-order valence-corrected chi connectivity index (χ3v) is 3.42. The number of carbonyl (C=O) groups excluding carboxylic acids is 2. The zero-order valence-corrected chi connectivity index (χ0v) is 13.0. The first-order valence-corrected chi connectivity index (χ1v) is 7.03. The van der Waals surface area contributed by atoms with E-state index in [0.717, 1.165) is 5.56 Å². The third-order valence-electron chi connectivity index (χ3n) is 2.68. The van der Waals surface area contributed by atoms with Gasteiger partial charge in [0, 0.05) is 20.0 Å². The van der Waals surface area contributed by atoms with Gasteiger partial charge < -0.3 is 9.64 Å². The first kappa shape index (κ1) is 16.8. The van der Waals surface area contributed by atoms with E-state index in [0.29, 0.717) is 23.2 Å². The predicted octanol–water partition coefficient (Wildman–Crippen LogP) is 3.30. The molecule has 0 atom stereocenters. The molecule has 0 spiro atoms. The van der Waals surface area contributed by atoms with Crippen molar-refractivity contribution in [1.29, 1.82) is 0 Å². The van der Waals surface area contributed by atoms with Crippen LogP contribution in [0.1, 0.15) is 25.3 Å². The smallest absolute Gasteiger partial charge is 0.306 e. The second-order valence-corrected chi connectivity index (χ2v) is 5.12. The molecule has 6 heteroatoms. The minimum absolute atomic E-state index is 0.0956. The summed E-state index contributed by atoms with van der Waals surface area (Å²) < 4.78 is 4.78. The summed E-state index contributed by atoms with van der Waals surface area (Å²) in [5.41, 5.74) is 0.881. The number of halogens is 2. The van der Waals surface area contributed by atoms with E-state index in [2.05, 4.69) is 0 Å². The number of carbonyl (C=O) groups is 2. The molecule has 0 radical (unpaired) electrons. The summed E-state index contributed by atoms with van der Waals surface area (Å²) in [6, 6.07) is 5.22. The van der Waals surface area contributed by atoms with E-state index in [4.69, 9.17) is 27.9 Å². The summed E-state index contributed by atoms with van der Waals surface area (Å²) in [5.74, 6) is -0.479. The maximum Gasteiger partial charge on any atom is 0.306 e. The molecule has 1 aromatic rings. The SMILES string of the molecule is CCOC(=O)CCC(=O)N(C)Cc1ccc(Cl)c(Cl)c1. The molecule has 4 nitrogen and oxygen atoms in total. The van der Waals surface area contributed by atoms with E-state index in [1.54, 1.807) is 31.0 Å². The van der Waals surface area contributed by atoms with Crippen LogP contribution in [-0.2, 0) is 20.9 Å². The molecule has 0 fully saturated rings. The number of amides is 1. The summed E-state index contributed by atoms with van der Waals surface area (Å²) in [6.07, 6.45) is 0.231. The highest BCUT2D eigenvalue weighted by Gasteiger charge is 2.12. The monoisotopic (exact) mass is 317 g/mol. The molecule has 110 valence electrons. The number of benzene rings is 1. The molecule has 1 aromatic carbocycles. The van der Waals surface area contributed by atoms with Gasteiger partial charge in [-0.3, -0.25) is 9.59 Å². The Morgan fingerprint density at radius 2 is 1.90 bits per heavy atom. The van der Waals surface area contributed by atoms with E-state index < -0.39 is 0 Å². The fourth-order valence-corrected chi connectivity index (χ4v) is 1.95. The Morgan fingerprint density at radius 1 is 1.20 bits per heavy atom. The summed E-state index contributed by atoms with van der Waals surface area (Å²) in [7, 11) is 1.68. The summed E-state index contributed by atoms with van der Waals surface area (Å²) in [4.78, 5) is 24.6. The second-order valence-electron chi connectivity index (χ2n) is 4.30. The highest BCUT2D eigenvalue weighted by atomic mass is 35.5. The van der Waals surface area contributed by atoms with Crippen LogP contribution in [-0.4, -0.2) is 30.4 Å². The molecule has 0 aliphatic rings. The molecule has 1 amide bonds. The lowest BCUT2D eigenvalue weighted by Crippen LogP contribution is -2.26. The maximum atomic E-state index is 11.9. The molecular weight excluding hydrogens is 301 g/mol. The van der Waals surface area contributed by atoms with Gasteiger partial charge in [0.2, 0.25) is 5.91 Å². The van der Waals surface area contributed by atoms with Crippen molar-refractivity contribution in [3.8, 4) is 0 Å². The van der Waals surface area contributed by atoms with Crippen LogP contribution < -0.4 is 0 Å². The van der Waals surface area contributed by atoms with E-state index >= 15 is 0 Å². The number of rotatable bonds is 6. The van der Waals surface area contributed by atoms with Gasteiger partial charge in [-0.1, -0.05) is 29.3 Å². The minimum atomic E-state index is -0.358. The van der Waals surface area contributed by atoms with Gasteiger partial charge in [-0.05, 0) is 24.6 Å². The molecule has 0 bridgehead atoms. The Balaban J connectivity index is 2.48. The zero-order valence-electron chi connectivity index (χ0n) is 11.5. The van der Waals surface area contributed by atoms with Gasteiger partial charge in [-0.25, -0.2) is 0 Å². The van der Waals surface area contributed by atoms with E-state index in [1.807, 2.05) is 6.07 Å². The van der Waals surface area contributed by atoms with Crippen LogP contribution in [0.4, 0.5) is 0 Å². The summed E-state index contributed by atoms with van der Waals surface area (Å²) >= 11 is 11.7. The average Bonchev–Trinajstić information content (AvgIpc) is 2.40. The molecule has 0 saturated carbocycles. The highest BCUT2D eigenvalue weighted by molar-refractivity contribution is 6.42. The van der Waals surface area contributed by atoms with Crippen molar-refractivity contribution in [3.05, 3.63) is 33.8 Å². The molecule has 20 heavy (non-hydrogen) atoms. The largest absolute Gasteiger partial charge is 0.466 e. The van der Waals surface area contributed by atoms with Crippen LogP contribution in [0, 0.1) is 0 Å². The molecule has 0 heterocycles. The molecule has 0 aliphatic heterocycles. The van der Waals surface area contributed by atoms with Crippen molar-refractivity contribution in [2.45, 2.75) is 26.3 Å². The second kappa shape index (κ2) is 8.12. The van der Waals surface area contributed by atoms with E-state index in [9.17, 15) is 9.59 Å². The van der Waals surface area contributed by atoms with Gasteiger partial charge in [-0.15, -0.1) is 0 Å². The lowest BCUT2D eigenvalue weighted by molar-refractivity contribution is -0.145. The summed E-state index contributed by atoms with van der Waals surface area (Å²) in [6.45, 7) is 2.47. The highest BCUT2D eigenvalue weighted by Crippen LogP contribution is 2.23. The lowest BCUT2D eigenvalue weighted by atomic mass is 10.2. The topological polar surface area (TPSA) is 46.6 Å². The number of nitrogens with zero attached hydrogens (tertiary/aromatic N) is 1. The van der Waals surface area contributed by atoms with Gasteiger partial charge in [0.15, 0.2) is 0 Å². The normalized spacial score (nSPS) is 10.2. The molecule has 0 unspecified atom stereocenters. The van der Waals surface area contributed by atoms with Gasteiger partial charge >= 0.3 is 5.97 Å². The van der Waals surface area contributed by atoms with Crippen molar-refractivity contribution < 1.29 is 14.3 Å². The number of esters is 1. The van der Waals surface area contributed by atoms with Gasteiger partial charge in [-0.2, -0.15) is 0 Å². The molecule has 1 rings (SSSR count). The molecule has 0 N–H and O–H groups in total. The van der Waals surface area contributed by atoms with Gasteiger partial charge in [0.1, 0.15) is 0 Å². The fraction of sp³-hybridized carbons (Fsp3) is 0.429. The Morgan fingerprint density at radius 3 is 2.50 bits per heavy atom. The van der Waals surface area contributed by atoms with Gasteiger partial charge in [0.25, 0.3) is 0 Å². The molecule has 0 aliphatic carbocycles. The molecular formula is C14H17Cl2NO3. The van der Waals surface area contributed by atoms with Crippen LogP contribution in [0.15, 0.2) is 18.2 Å². The first-order valence-electron chi connectivity index (χ1n) is 6.27. The Labute approximate surface area is 128 Å². The quantitative estimate of drug-likeness (QED) is 0.756. The van der Waals surface area contributed by atoms with Crippen LogP contribution in [0.2, 0.25) is 10.0 Å². The van der Waals surface area contributed by atoms with Crippen molar-refractivity contribution in [2.24, 2.45) is 0 Å². The molecule has 0 aromatic heterocycles. The Hall–Kier alpha value is -1.26. The first-order chi connectivity index (χ1) is 9.43. The van der Waals surface area contributed by atoms with Crippen LogP contribution in [0.3, 0.4) is 0 Å². The maximum absolute atomic E-state index is 11.9. The average molecular weight is 318 g/mol. The number of hydrogen-bond acceptors (Lipinski definition) is 3. The Bertz CT molecular complexity index is 491. The number of hydrogen-bond donors (Lipinski definition) is 0. The van der Waals surface area contributed by atoms with Crippen molar-refractivity contribution >= 4 is 35.1 Å². The number of ether oxygens (including phenoxy) is 1. The summed E-state index contributed by atoms with van der Waals surface area (Å²) in [5, 5.41) is 0.934. The third kappa shape index (κ3) is 5.39. The van der Waals surface area contributed by atoms with E-state index in [-0.39, 0.29) is 24.7 Å². The van der Waals surface area contributed by atoms with Crippen molar-refractivity contribution in [1.82, 2.24) is 4.90 Å². The minimum Gasteiger partial charge on any atom is -0.466 e.